The van der Waals surface area contributed by atoms with Gasteiger partial charge in [0.25, 0.3) is 0 Å². The van der Waals surface area contributed by atoms with Gasteiger partial charge in [0, 0.05) is 19.2 Å². The first kappa shape index (κ1) is 14.8. The van der Waals surface area contributed by atoms with E-state index in [-0.39, 0.29) is 6.61 Å². The molecule has 2 unspecified atom stereocenters. The summed E-state index contributed by atoms with van der Waals surface area (Å²) in [4.78, 5) is 0. The third-order valence-electron chi connectivity index (χ3n) is 3.21. The minimum absolute atomic E-state index is 0.204. The third-order valence-corrected chi connectivity index (χ3v) is 3.21. The summed E-state index contributed by atoms with van der Waals surface area (Å²) in [5, 5.41) is 21.9. The summed E-state index contributed by atoms with van der Waals surface area (Å²) in [6, 6.07) is 9.29. The number of nitrogens with one attached hydrogen (secondary N) is 1. The van der Waals surface area contributed by atoms with Crippen molar-refractivity contribution in [2.75, 3.05) is 26.4 Å². The molecule has 1 aromatic carbocycles. The molecule has 1 aliphatic rings. The van der Waals surface area contributed by atoms with E-state index in [1.54, 1.807) is 24.3 Å². The van der Waals surface area contributed by atoms with E-state index in [0.29, 0.717) is 30.5 Å². The van der Waals surface area contributed by atoms with E-state index in [1.165, 1.54) is 0 Å². The van der Waals surface area contributed by atoms with Gasteiger partial charge in [0.1, 0.15) is 18.5 Å². The molecule has 1 saturated heterocycles. The molecule has 0 bridgehead atoms. The van der Waals surface area contributed by atoms with Crippen molar-refractivity contribution in [2.24, 2.45) is 0 Å². The molecule has 0 aromatic heterocycles. The first-order valence-electron chi connectivity index (χ1n) is 6.90. The highest BCUT2D eigenvalue weighted by molar-refractivity contribution is 5.36. The van der Waals surface area contributed by atoms with Gasteiger partial charge in [-0.3, -0.25) is 0 Å². The van der Waals surface area contributed by atoms with Crippen LogP contribution in [0.25, 0.3) is 0 Å². The molecule has 0 spiro atoms. The standard InChI is InChI=1S/C15H20N2O3/c16-8-12-3-1-5-15(7-12)20-11-14(18)9-17-13-4-2-6-19-10-13/h1,3,5,7,13-14,17-18H,2,4,6,9-11H2. The van der Waals surface area contributed by atoms with E-state index in [2.05, 4.69) is 11.4 Å². The number of benzene rings is 1. The molecule has 108 valence electrons. The molecule has 2 atom stereocenters. The Bertz CT molecular complexity index is 453. The average Bonchev–Trinajstić information content (AvgIpc) is 2.52. The van der Waals surface area contributed by atoms with Crippen molar-refractivity contribution in [1.82, 2.24) is 5.32 Å². The van der Waals surface area contributed by atoms with Crippen LogP contribution in [0.2, 0.25) is 0 Å². The van der Waals surface area contributed by atoms with Crippen LogP contribution in [-0.4, -0.2) is 43.6 Å². The van der Waals surface area contributed by atoms with Crippen LogP contribution in [0.15, 0.2) is 24.3 Å². The van der Waals surface area contributed by atoms with Crippen molar-refractivity contribution < 1.29 is 14.6 Å². The second kappa shape index (κ2) is 7.85. The summed E-state index contributed by atoms with van der Waals surface area (Å²) >= 11 is 0. The molecule has 1 heterocycles. The fourth-order valence-corrected chi connectivity index (χ4v) is 2.11. The van der Waals surface area contributed by atoms with Crippen LogP contribution < -0.4 is 10.1 Å². The van der Waals surface area contributed by atoms with Crippen LogP contribution in [0.5, 0.6) is 5.75 Å². The Labute approximate surface area is 119 Å². The van der Waals surface area contributed by atoms with Gasteiger partial charge >= 0.3 is 0 Å². The Hall–Kier alpha value is -1.61. The molecule has 0 aliphatic carbocycles. The van der Waals surface area contributed by atoms with Gasteiger partial charge in [0.05, 0.1) is 18.2 Å². The molecule has 5 nitrogen and oxygen atoms in total. The molecular formula is C15H20N2O3. The van der Waals surface area contributed by atoms with E-state index in [1.807, 2.05) is 0 Å². The van der Waals surface area contributed by atoms with Crippen molar-refractivity contribution in [3.05, 3.63) is 29.8 Å². The molecule has 0 saturated carbocycles. The summed E-state index contributed by atoms with van der Waals surface area (Å²) < 4.78 is 10.8. The Balaban J connectivity index is 1.68. The predicted octanol–water partition coefficient (Wildman–Crippen LogP) is 1.07. The second-order valence-electron chi connectivity index (χ2n) is 4.93. The number of nitriles is 1. The van der Waals surface area contributed by atoms with Crippen molar-refractivity contribution >= 4 is 0 Å². The highest BCUT2D eigenvalue weighted by Gasteiger charge is 2.15. The lowest BCUT2D eigenvalue weighted by Crippen LogP contribution is -2.42. The van der Waals surface area contributed by atoms with Gasteiger partial charge in [0.15, 0.2) is 0 Å². The van der Waals surface area contributed by atoms with Gasteiger partial charge in [-0.25, -0.2) is 0 Å². The monoisotopic (exact) mass is 276 g/mol. The number of aliphatic hydroxyl groups excluding tert-OH is 1. The van der Waals surface area contributed by atoms with Gasteiger partial charge in [0.2, 0.25) is 0 Å². The van der Waals surface area contributed by atoms with E-state index >= 15 is 0 Å². The fourth-order valence-electron chi connectivity index (χ4n) is 2.11. The van der Waals surface area contributed by atoms with Crippen LogP contribution in [0.4, 0.5) is 0 Å². The summed E-state index contributed by atoms with van der Waals surface area (Å²) in [6.07, 6.45) is 1.56. The number of ether oxygens (including phenoxy) is 2. The molecule has 5 heteroatoms. The highest BCUT2D eigenvalue weighted by atomic mass is 16.5. The molecular weight excluding hydrogens is 256 g/mol. The summed E-state index contributed by atoms with van der Waals surface area (Å²) in [6.45, 7) is 2.22. The molecule has 20 heavy (non-hydrogen) atoms. The highest BCUT2D eigenvalue weighted by Crippen LogP contribution is 2.12. The minimum Gasteiger partial charge on any atom is -0.491 e. The number of nitrogens with zero attached hydrogens (tertiary/aromatic N) is 1. The van der Waals surface area contributed by atoms with Crippen molar-refractivity contribution in [2.45, 2.75) is 25.0 Å². The van der Waals surface area contributed by atoms with Gasteiger partial charge in [-0.1, -0.05) is 6.07 Å². The largest absolute Gasteiger partial charge is 0.491 e. The number of hydrogen-bond donors (Lipinski definition) is 2. The summed E-state index contributed by atoms with van der Waals surface area (Å²) in [5.74, 6) is 0.601. The third kappa shape index (κ3) is 4.82. The zero-order valence-electron chi connectivity index (χ0n) is 11.4. The van der Waals surface area contributed by atoms with Gasteiger partial charge in [-0.2, -0.15) is 5.26 Å². The van der Waals surface area contributed by atoms with E-state index in [4.69, 9.17) is 14.7 Å². The van der Waals surface area contributed by atoms with Crippen LogP contribution in [-0.2, 0) is 4.74 Å². The Morgan fingerprint density at radius 3 is 3.20 bits per heavy atom. The Morgan fingerprint density at radius 2 is 2.45 bits per heavy atom. The lowest BCUT2D eigenvalue weighted by Gasteiger charge is -2.24. The zero-order valence-corrected chi connectivity index (χ0v) is 11.4. The maximum absolute atomic E-state index is 9.87. The molecule has 1 aromatic rings. The summed E-state index contributed by atoms with van der Waals surface area (Å²) in [5.41, 5.74) is 0.550. The predicted molar refractivity (Wildman–Crippen MR) is 74.5 cm³/mol. The minimum atomic E-state index is -0.581. The first-order chi connectivity index (χ1) is 9.78. The molecule has 0 amide bonds. The quantitative estimate of drug-likeness (QED) is 0.813. The normalized spacial score (nSPS) is 20.1. The number of rotatable bonds is 6. The number of hydrogen-bond acceptors (Lipinski definition) is 5. The van der Waals surface area contributed by atoms with Gasteiger partial charge in [-0.15, -0.1) is 0 Å². The second-order valence-corrected chi connectivity index (χ2v) is 4.93. The SMILES string of the molecule is N#Cc1cccc(OCC(O)CNC2CCCOC2)c1. The zero-order chi connectivity index (χ0) is 14.2. The maximum Gasteiger partial charge on any atom is 0.120 e. The Morgan fingerprint density at radius 1 is 1.55 bits per heavy atom. The average molecular weight is 276 g/mol. The van der Waals surface area contributed by atoms with Crippen molar-refractivity contribution in [3.8, 4) is 11.8 Å². The fraction of sp³-hybridized carbons (Fsp3) is 0.533. The Kier molecular flexibility index (Phi) is 5.81. The first-order valence-corrected chi connectivity index (χ1v) is 6.90. The van der Waals surface area contributed by atoms with Crippen molar-refractivity contribution in [3.63, 3.8) is 0 Å². The molecule has 0 radical (unpaired) electrons. The molecule has 2 N–H and O–H groups in total. The van der Waals surface area contributed by atoms with Crippen LogP contribution >= 0.6 is 0 Å². The summed E-state index contributed by atoms with van der Waals surface area (Å²) in [7, 11) is 0. The van der Waals surface area contributed by atoms with E-state index < -0.39 is 6.10 Å². The topological polar surface area (TPSA) is 74.5 Å². The van der Waals surface area contributed by atoms with Gasteiger partial charge < -0.3 is 19.9 Å². The maximum atomic E-state index is 9.87. The number of aliphatic hydroxyl groups is 1. The van der Waals surface area contributed by atoms with E-state index in [0.717, 1.165) is 19.4 Å². The van der Waals surface area contributed by atoms with Crippen molar-refractivity contribution in [1.29, 1.82) is 5.26 Å². The smallest absolute Gasteiger partial charge is 0.120 e. The lowest BCUT2D eigenvalue weighted by atomic mass is 10.1. The van der Waals surface area contributed by atoms with E-state index in [9.17, 15) is 5.11 Å². The van der Waals surface area contributed by atoms with Crippen LogP contribution in [0.1, 0.15) is 18.4 Å². The van der Waals surface area contributed by atoms with Crippen LogP contribution in [0.3, 0.4) is 0 Å². The van der Waals surface area contributed by atoms with Crippen LogP contribution in [0, 0.1) is 11.3 Å². The van der Waals surface area contributed by atoms with Gasteiger partial charge in [-0.05, 0) is 31.0 Å². The molecule has 1 fully saturated rings. The molecule has 1 aliphatic heterocycles. The molecule has 2 rings (SSSR count). The lowest BCUT2D eigenvalue weighted by molar-refractivity contribution is 0.0572.